The summed E-state index contributed by atoms with van der Waals surface area (Å²) in [5, 5.41) is 7.97. The Morgan fingerprint density at radius 3 is 2.08 bits per heavy atom. The zero-order valence-electron chi connectivity index (χ0n) is 7.65. The molecule has 0 amide bonds. The van der Waals surface area contributed by atoms with Gasteiger partial charge in [0.2, 0.25) is 0 Å². The van der Waals surface area contributed by atoms with Crippen LogP contribution in [0.5, 0.6) is 0 Å². The van der Waals surface area contributed by atoms with Gasteiger partial charge in [-0.25, -0.2) is 0 Å². The SMILES string of the molecule is CC(C#N)O[P+](=O)O.CCCC. The highest BCUT2D eigenvalue weighted by atomic mass is 31.1. The summed E-state index contributed by atoms with van der Waals surface area (Å²) in [4.78, 5) is 7.99. The average Bonchev–Trinajstić information content (AvgIpc) is 2.04. The van der Waals surface area contributed by atoms with Crippen molar-refractivity contribution in [2.45, 2.75) is 39.7 Å². The maximum Gasteiger partial charge on any atom is 0.696 e. The molecule has 0 radical (unpaired) electrons. The van der Waals surface area contributed by atoms with Gasteiger partial charge in [0.1, 0.15) is 0 Å². The first-order chi connectivity index (χ1) is 5.58. The van der Waals surface area contributed by atoms with E-state index in [1.165, 1.54) is 19.8 Å². The summed E-state index contributed by atoms with van der Waals surface area (Å²) in [6.45, 7) is 5.75. The monoisotopic (exact) mass is 192 g/mol. The fraction of sp³-hybridized carbons (Fsp3) is 0.857. The molecule has 0 aromatic heterocycles. The molecule has 0 rings (SSSR count). The van der Waals surface area contributed by atoms with E-state index in [2.05, 4.69) is 18.4 Å². The Bertz CT molecular complexity index is 153. The van der Waals surface area contributed by atoms with Crippen molar-refractivity contribution in [1.29, 1.82) is 5.26 Å². The highest BCUT2D eigenvalue weighted by Crippen LogP contribution is 2.16. The molecule has 0 aliphatic rings. The van der Waals surface area contributed by atoms with Crippen LogP contribution in [0.25, 0.3) is 0 Å². The number of hydrogen-bond acceptors (Lipinski definition) is 3. The molecule has 4 nitrogen and oxygen atoms in total. The van der Waals surface area contributed by atoms with Gasteiger partial charge in [-0.2, -0.15) is 5.26 Å². The van der Waals surface area contributed by atoms with Gasteiger partial charge in [0.25, 0.3) is 0 Å². The number of nitrogens with zero attached hydrogens (tertiary/aromatic N) is 1. The predicted molar refractivity (Wildman–Crippen MR) is 46.6 cm³/mol. The maximum absolute atomic E-state index is 9.74. The van der Waals surface area contributed by atoms with Crippen LogP contribution in [0.4, 0.5) is 0 Å². The molecule has 5 heteroatoms. The van der Waals surface area contributed by atoms with E-state index in [1.807, 2.05) is 0 Å². The third-order valence-corrected chi connectivity index (χ3v) is 1.43. The summed E-state index contributed by atoms with van der Waals surface area (Å²) in [5.41, 5.74) is 0. The molecule has 1 N–H and O–H groups in total. The third-order valence-electron chi connectivity index (χ3n) is 0.930. The number of unbranched alkanes of at least 4 members (excludes halogenated alkanes) is 1. The Kier molecular flexibility index (Phi) is 12.3. The van der Waals surface area contributed by atoms with Gasteiger partial charge in [0.15, 0.2) is 6.10 Å². The molecule has 0 saturated heterocycles. The fourth-order valence-electron chi connectivity index (χ4n) is 0.159. The molecule has 70 valence electrons. The Hall–Kier alpha value is -0.490. The summed E-state index contributed by atoms with van der Waals surface area (Å²) < 4.78 is 13.8. The average molecular weight is 192 g/mol. The molecule has 12 heavy (non-hydrogen) atoms. The van der Waals surface area contributed by atoms with E-state index in [1.54, 1.807) is 6.07 Å². The lowest BCUT2D eigenvalue weighted by Gasteiger charge is -1.83. The number of hydrogen-bond donors (Lipinski definition) is 1. The molecular formula is C7H15NO3P+. The molecule has 0 bridgehead atoms. The maximum atomic E-state index is 9.74. The molecule has 0 heterocycles. The lowest BCUT2D eigenvalue weighted by Crippen LogP contribution is -1.96. The summed E-state index contributed by atoms with van der Waals surface area (Å²) in [5.74, 6) is 0. The van der Waals surface area contributed by atoms with Crippen LogP contribution < -0.4 is 0 Å². The van der Waals surface area contributed by atoms with E-state index >= 15 is 0 Å². The first-order valence-electron chi connectivity index (χ1n) is 3.80. The van der Waals surface area contributed by atoms with Crippen molar-refractivity contribution in [3.8, 4) is 6.07 Å². The van der Waals surface area contributed by atoms with Crippen LogP contribution in [0.2, 0.25) is 0 Å². The van der Waals surface area contributed by atoms with Crippen LogP contribution in [0.1, 0.15) is 33.6 Å². The first-order valence-corrected chi connectivity index (χ1v) is 4.93. The molecule has 0 aromatic rings. The van der Waals surface area contributed by atoms with E-state index in [-0.39, 0.29) is 0 Å². The first kappa shape index (κ1) is 14.1. The Morgan fingerprint density at radius 2 is 2.00 bits per heavy atom. The van der Waals surface area contributed by atoms with Crippen LogP contribution in [-0.4, -0.2) is 11.0 Å². The van der Waals surface area contributed by atoms with Crippen molar-refractivity contribution in [3.05, 3.63) is 0 Å². The second-order valence-corrected chi connectivity index (χ2v) is 2.80. The molecule has 0 saturated carbocycles. The zero-order valence-corrected chi connectivity index (χ0v) is 8.54. The van der Waals surface area contributed by atoms with Crippen molar-refractivity contribution in [2.75, 3.05) is 0 Å². The van der Waals surface area contributed by atoms with E-state index < -0.39 is 14.4 Å². The molecule has 0 fully saturated rings. The van der Waals surface area contributed by atoms with Gasteiger partial charge in [-0.3, -0.25) is 0 Å². The van der Waals surface area contributed by atoms with Crippen LogP contribution >= 0.6 is 8.25 Å². The van der Waals surface area contributed by atoms with Gasteiger partial charge in [0, 0.05) is 4.57 Å². The minimum Gasteiger partial charge on any atom is -0.195 e. The topological polar surface area (TPSA) is 70.3 Å². The highest BCUT2D eigenvalue weighted by molar-refractivity contribution is 7.32. The van der Waals surface area contributed by atoms with E-state index in [4.69, 9.17) is 10.2 Å². The molecule has 2 atom stereocenters. The summed E-state index contributed by atoms with van der Waals surface area (Å²) in [6.07, 6.45) is 1.84. The van der Waals surface area contributed by atoms with Crippen molar-refractivity contribution in [3.63, 3.8) is 0 Å². The zero-order chi connectivity index (χ0) is 9.98. The lowest BCUT2D eigenvalue weighted by atomic mass is 10.4. The largest absolute Gasteiger partial charge is 0.696 e. The fourth-order valence-corrected chi connectivity index (χ4v) is 0.476. The van der Waals surface area contributed by atoms with Gasteiger partial charge >= 0.3 is 8.25 Å². The van der Waals surface area contributed by atoms with Gasteiger partial charge in [0.05, 0.1) is 6.07 Å². The standard InChI is InChI=1S/C4H10.C3H4NO3P/c1-3-4-2;1-3(2-4)7-8(5)6/h3-4H2,1-2H3;3H,1H3/p+1. The Labute approximate surface area is 74.1 Å². The van der Waals surface area contributed by atoms with Crippen molar-refractivity contribution in [1.82, 2.24) is 0 Å². The summed E-state index contributed by atoms with van der Waals surface area (Å²) in [6, 6.07) is 1.63. The van der Waals surface area contributed by atoms with E-state index in [0.29, 0.717) is 0 Å². The molecular weight excluding hydrogens is 177 g/mol. The number of rotatable bonds is 3. The van der Waals surface area contributed by atoms with Gasteiger partial charge in [-0.15, -0.1) is 9.42 Å². The molecule has 0 aromatic carbocycles. The molecule has 2 unspecified atom stereocenters. The van der Waals surface area contributed by atoms with Crippen LogP contribution in [0.3, 0.4) is 0 Å². The van der Waals surface area contributed by atoms with Gasteiger partial charge in [-0.05, 0) is 6.92 Å². The Balaban J connectivity index is 0. The van der Waals surface area contributed by atoms with Crippen molar-refractivity contribution < 1.29 is 14.0 Å². The second-order valence-electron chi connectivity index (χ2n) is 2.11. The molecule has 0 aliphatic carbocycles. The van der Waals surface area contributed by atoms with Crippen LogP contribution in [0.15, 0.2) is 0 Å². The third kappa shape index (κ3) is 16.3. The van der Waals surface area contributed by atoms with Crippen molar-refractivity contribution >= 4 is 8.25 Å². The summed E-state index contributed by atoms with van der Waals surface area (Å²) >= 11 is 0. The quantitative estimate of drug-likeness (QED) is 0.697. The molecule has 0 aliphatic heterocycles. The Morgan fingerprint density at radius 1 is 1.58 bits per heavy atom. The van der Waals surface area contributed by atoms with Crippen molar-refractivity contribution in [2.24, 2.45) is 0 Å². The normalized spacial score (nSPS) is 12.1. The predicted octanol–water partition coefficient (Wildman–Crippen LogP) is 2.37. The van der Waals surface area contributed by atoms with Gasteiger partial charge < -0.3 is 0 Å². The minimum absolute atomic E-state index is 0.802. The van der Waals surface area contributed by atoms with E-state index in [9.17, 15) is 4.57 Å². The van der Waals surface area contributed by atoms with E-state index in [0.717, 1.165) is 0 Å². The van der Waals surface area contributed by atoms with Crippen LogP contribution in [0, 0.1) is 11.3 Å². The summed E-state index contributed by atoms with van der Waals surface area (Å²) in [7, 11) is -2.62. The smallest absolute Gasteiger partial charge is 0.195 e. The molecule has 0 spiro atoms. The second kappa shape index (κ2) is 10.5. The number of nitriles is 1. The van der Waals surface area contributed by atoms with Gasteiger partial charge in [-0.1, -0.05) is 26.7 Å². The minimum atomic E-state index is -2.62. The highest BCUT2D eigenvalue weighted by Gasteiger charge is 2.17. The van der Waals surface area contributed by atoms with Crippen LogP contribution in [-0.2, 0) is 9.09 Å². The lowest BCUT2D eigenvalue weighted by molar-refractivity contribution is 0.250.